The Labute approximate surface area is 195 Å². The summed E-state index contributed by atoms with van der Waals surface area (Å²) in [6.45, 7) is 4.89. The van der Waals surface area contributed by atoms with Gasteiger partial charge < -0.3 is 15.1 Å². The third-order valence-corrected chi connectivity index (χ3v) is 8.22. The minimum absolute atomic E-state index is 0.139. The summed E-state index contributed by atoms with van der Waals surface area (Å²) in [4.78, 5) is 11.1. The molecule has 2 bridgehead atoms. The number of β-amino-alcohol motifs (C(OH)–C–C–N with tert-alkyl or cyclic N) is 2. The minimum Gasteiger partial charge on any atom is -0.388 e. The fraction of sp³-hybridized carbons (Fsp3) is 0.440. The van der Waals surface area contributed by atoms with E-state index < -0.39 is 29.3 Å². The quantitative estimate of drug-likeness (QED) is 0.614. The number of halogens is 2. The molecule has 1 aliphatic heterocycles. The van der Waals surface area contributed by atoms with Gasteiger partial charge in [-0.25, -0.2) is 18.7 Å². The van der Waals surface area contributed by atoms with Gasteiger partial charge in [-0.3, -0.25) is 0 Å². The summed E-state index contributed by atoms with van der Waals surface area (Å²) in [6.07, 6.45) is 1.73. The van der Waals surface area contributed by atoms with E-state index >= 15 is 0 Å². The molecule has 0 radical (unpaired) electrons. The fourth-order valence-corrected chi connectivity index (χ4v) is 6.43. The number of aromatic nitrogens is 4. The lowest BCUT2D eigenvalue weighted by Crippen LogP contribution is -2.38. The molecule has 7 nitrogen and oxygen atoms in total. The van der Waals surface area contributed by atoms with Crippen LogP contribution >= 0.6 is 0 Å². The van der Waals surface area contributed by atoms with E-state index in [1.807, 2.05) is 6.07 Å². The lowest BCUT2D eigenvalue weighted by Gasteiger charge is -2.37. The Kier molecular flexibility index (Phi) is 4.57. The van der Waals surface area contributed by atoms with Gasteiger partial charge in [0, 0.05) is 19.3 Å². The van der Waals surface area contributed by atoms with E-state index in [0.717, 1.165) is 29.8 Å². The van der Waals surface area contributed by atoms with Crippen molar-refractivity contribution in [1.82, 2.24) is 20.2 Å². The zero-order valence-corrected chi connectivity index (χ0v) is 18.9. The van der Waals surface area contributed by atoms with Crippen molar-refractivity contribution in [2.24, 2.45) is 5.41 Å². The summed E-state index contributed by atoms with van der Waals surface area (Å²) in [5.41, 5.74) is 1.79. The molecule has 34 heavy (non-hydrogen) atoms. The van der Waals surface area contributed by atoms with Crippen LogP contribution in [0.5, 0.6) is 0 Å². The number of nitrogens with zero attached hydrogens (tertiary/aromatic N) is 5. The molecule has 3 heterocycles. The standard InChI is InChI=1S/C25H25F2N5O2/c1-24(2)14-6-8-25(24,20-7-9-28-23(29-20)32-11-18(33)19(34)12-32)22-13(14)10-17(30-31-22)21-15(26)4-3-5-16(21)27/h3-5,7,9-10,14,18-19,33-34H,6,8,11-12H2,1-2H3/t14-,18-,19-,25-/m0/s1. The molecular weight excluding hydrogens is 440 g/mol. The molecule has 3 aliphatic rings. The predicted molar refractivity (Wildman–Crippen MR) is 120 cm³/mol. The molecule has 2 aliphatic carbocycles. The summed E-state index contributed by atoms with van der Waals surface area (Å²) >= 11 is 0. The van der Waals surface area contributed by atoms with E-state index in [1.54, 1.807) is 17.2 Å². The van der Waals surface area contributed by atoms with E-state index in [0.29, 0.717) is 5.95 Å². The monoisotopic (exact) mass is 465 g/mol. The molecule has 1 aromatic carbocycles. The van der Waals surface area contributed by atoms with Crippen molar-refractivity contribution < 1.29 is 19.0 Å². The van der Waals surface area contributed by atoms with Gasteiger partial charge in [-0.2, -0.15) is 5.10 Å². The smallest absolute Gasteiger partial charge is 0.225 e. The highest BCUT2D eigenvalue weighted by atomic mass is 19.1. The van der Waals surface area contributed by atoms with Crippen LogP contribution < -0.4 is 4.90 Å². The van der Waals surface area contributed by atoms with Gasteiger partial charge in [-0.1, -0.05) is 19.9 Å². The maximum absolute atomic E-state index is 14.5. The van der Waals surface area contributed by atoms with Gasteiger partial charge in [0.25, 0.3) is 0 Å². The maximum atomic E-state index is 14.5. The number of aliphatic hydroxyl groups excluding tert-OH is 2. The molecule has 0 amide bonds. The van der Waals surface area contributed by atoms with Crippen molar-refractivity contribution in [3.63, 3.8) is 0 Å². The molecule has 0 unspecified atom stereocenters. The van der Waals surface area contributed by atoms with Gasteiger partial charge in [-0.05, 0) is 54.0 Å². The zero-order valence-electron chi connectivity index (χ0n) is 18.9. The molecule has 2 fully saturated rings. The topological polar surface area (TPSA) is 95.3 Å². The SMILES string of the molecule is CC1(C)[C@H]2CC[C@]1(c1ccnc(N3C[C@H](O)[C@@H](O)C3)n1)c1nnc(-c3c(F)cccc3F)cc12. The highest BCUT2D eigenvalue weighted by Crippen LogP contribution is 2.69. The van der Waals surface area contributed by atoms with Crippen LogP contribution in [0, 0.1) is 17.0 Å². The van der Waals surface area contributed by atoms with Crippen LogP contribution in [-0.4, -0.2) is 55.7 Å². The van der Waals surface area contributed by atoms with Gasteiger partial charge in [0.05, 0.1) is 40.3 Å². The van der Waals surface area contributed by atoms with Crippen LogP contribution in [0.2, 0.25) is 0 Å². The lowest BCUT2D eigenvalue weighted by molar-refractivity contribution is 0.0572. The van der Waals surface area contributed by atoms with Gasteiger partial charge in [-0.15, -0.1) is 5.10 Å². The number of hydrogen-bond acceptors (Lipinski definition) is 7. The van der Waals surface area contributed by atoms with E-state index in [1.165, 1.54) is 18.2 Å². The summed E-state index contributed by atoms with van der Waals surface area (Å²) in [6, 6.07) is 7.45. The van der Waals surface area contributed by atoms with Crippen LogP contribution in [0.25, 0.3) is 11.3 Å². The summed E-state index contributed by atoms with van der Waals surface area (Å²) in [7, 11) is 0. The average molecular weight is 466 g/mol. The first-order valence-corrected chi connectivity index (χ1v) is 11.5. The minimum atomic E-state index is -0.840. The number of aliphatic hydroxyl groups is 2. The molecule has 2 N–H and O–H groups in total. The van der Waals surface area contributed by atoms with Gasteiger partial charge in [0.1, 0.15) is 11.6 Å². The van der Waals surface area contributed by atoms with Crippen LogP contribution in [0.1, 0.15) is 49.6 Å². The second-order valence-corrected chi connectivity index (χ2v) is 10.1. The predicted octanol–water partition coefficient (Wildman–Crippen LogP) is 2.96. The number of hydrogen-bond donors (Lipinski definition) is 2. The van der Waals surface area contributed by atoms with Crippen molar-refractivity contribution in [1.29, 1.82) is 0 Å². The first-order valence-electron chi connectivity index (χ1n) is 11.5. The Morgan fingerprint density at radius 2 is 1.74 bits per heavy atom. The average Bonchev–Trinajstić information content (AvgIpc) is 3.36. The molecule has 3 aromatic rings. The van der Waals surface area contributed by atoms with E-state index in [9.17, 15) is 19.0 Å². The van der Waals surface area contributed by atoms with Crippen LogP contribution in [-0.2, 0) is 5.41 Å². The molecular formula is C25H25F2N5O2. The number of benzene rings is 1. The second kappa shape index (κ2) is 7.23. The van der Waals surface area contributed by atoms with Crippen LogP contribution in [0.15, 0.2) is 36.5 Å². The van der Waals surface area contributed by atoms with Gasteiger partial charge >= 0.3 is 0 Å². The van der Waals surface area contributed by atoms with Crippen molar-refractivity contribution in [3.05, 3.63) is 65.1 Å². The molecule has 9 heteroatoms. The number of anilines is 1. The molecule has 1 saturated carbocycles. The largest absolute Gasteiger partial charge is 0.388 e. The molecule has 1 saturated heterocycles. The Morgan fingerprint density at radius 1 is 1.03 bits per heavy atom. The summed E-state index contributed by atoms with van der Waals surface area (Å²) < 4.78 is 28.9. The van der Waals surface area contributed by atoms with Crippen molar-refractivity contribution in [2.75, 3.05) is 18.0 Å². The van der Waals surface area contributed by atoms with Gasteiger partial charge in [0.2, 0.25) is 5.95 Å². The van der Waals surface area contributed by atoms with Crippen molar-refractivity contribution in [2.45, 2.75) is 50.2 Å². The molecule has 4 atom stereocenters. The molecule has 176 valence electrons. The summed E-state index contributed by atoms with van der Waals surface area (Å²) in [5, 5.41) is 28.8. The summed E-state index contributed by atoms with van der Waals surface area (Å²) in [5.74, 6) is -0.739. The van der Waals surface area contributed by atoms with E-state index in [4.69, 9.17) is 4.98 Å². The third-order valence-electron chi connectivity index (χ3n) is 8.22. The van der Waals surface area contributed by atoms with Gasteiger partial charge in [0.15, 0.2) is 0 Å². The molecule has 0 spiro atoms. The lowest BCUT2D eigenvalue weighted by atomic mass is 9.66. The van der Waals surface area contributed by atoms with Crippen LogP contribution in [0.3, 0.4) is 0 Å². The highest BCUT2D eigenvalue weighted by Gasteiger charge is 2.65. The van der Waals surface area contributed by atoms with Crippen molar-refractivity contribution in [3.8, 4) is 11.3 Å². The zero-order chi connectivity index (χ0) is 23.8. The second-order valence-electron chi connectivity index (χ2n) is 10.1. The molecule has 2 aromatic heterocycles. The first kappa shape index (κ1) is 21.5. The number of fused-ring (bicyclic) bond motifs is 5. The van der Waals surface area contributed by atoms with E-state index in [2.05, 4.69) is 29.0 Å². The Morgan fingerprint density at radius 3 is 2.44 bits per heavy atom. The first-order chi connectivity index (χ1) is 16.2. The highest BCUT2D eigenvalue weighted by molar-refractivity contribution is 5.64. The Bertz CT molecular complexity index is 1270. The van der Waals surface area contributed by atoms with E-state index in [-0.39, 0.29) is 35.7 Å². The fourth-order valence-electron chi connectivity index (χ4n) is 6.43. The van der Waals surface area contributed by atoms with Crippen LogP contribution in [0.4, 0.5) is 14.7 Å². The number of rotatable bonds is 3. The maximum Gasteiger partial charge on any atom is 0.225 e. The normalized spacial score (nSPS) is 29.0. The van der Waals surface area contributed by atoms with Crippen molar-refractivity contribution >= 4 is 5.95 Å². The Balaban J connectivity index is 1.47. The third kappa shape index (κ3) is 2.74. The Hall–Kier alpha value is -3.04. The molecule has 6 rings (SSSR count).